The second-order valence-electron chi connectivity index (χ2n) is 5.15. The Balaban J connectivity index is 1.66. The van der Waals surface area contributed by atoms with Gasteiger partial charge in [0.15, 0.2) is 0 Å². The maximum absolute atomic E-state index is 11.8. The van der Waals surface area contributed by atoms with Crippen LogP contribution in [0, 0.1) is 12.3 Å². The van der Waals surface area contributed by atoms with Gasteiger partial charge in [0.2, 0.25) is 0 Å². The van der Waals surface area contributed by atoms with E-state index >= 15 is 0 Å². The number of pyridine rings is 1. The predicted molar refractivity (Wildman–Crippen MR) is 93.7 cm³/mol. The van der Waals surface area contributed by atoms with E-state index < -0.39 is 0 Å². The van der Waals surface area contributed by atoms with Gasteiger partial charge in [-0.3, -0.25) is 9.78 Å². The zero-order valence-corrected chi connectivity index (χ0v) is 13.5. The van der Waals surface area contributed by atoms with Crippen molar-refractivity contribution in [3.8, 4) is 18.1 Å². The van der Waals surface area contributed by atoms with Crippen LogP contribution in [0.1, 0.15) is 22.3 Å². The lowest BCUT2D eigenvalue weighted by Crippen LogP contribution is -2.25. The molecule has 0 aliphatic carbocycles. The smallest absolute Gasteiger partial charge is 0.252 e. The third kappa shape index (κ3) is 6.11. The molecule has 0 spiro atoms. The summed E-state index contributed by atoms with van der Waals surface area (Å²) >= 11 is 0. The topological polar surface area (TPSA) is 63.2 Å². The summed E-state index contributed by atoms with van der Waals surface area (Å²) in [5.74, 6) is 3.23. The van der Waals surface area contributed by atoms with E-state index in [1.807, 2.05) is 24.3 Å². The molecule has 0 radical (unpaired) electrons. The van der Waals surface area contributed by atoms with Crippen LogP contribution in [0.2, 0.25) is 0 Å². The molecule has 0 aliphatic heterocycles. The number of ether oxygens (including phenoxy) is 1. The standard InChI is InChI=1S/C19H21N3O2/c1-2-9-20-14-16-6-3-8-18(13-16)24-12-5-11-22-19(23)17-7-4-10-21-15-17/h1,3-4,6-8,10,13,15,20H,5,9,11-12,14H2,(H,22,23). The first-order chi connectivity index (χ1) is 11.8. The Morgan fingerprint density at radius 2 is 2.21 bits per heavy atom. The van der Waals surface area contributed by atoms with Crippen molar-refractivity contribution in [1.29, 1.82) is 0 Å². The monoisotopic (exact) mass is 323 g/mol. The molecule has 2 rings (SSSR count). The summed E-state index contributed by atoms with van der Waals surface area (Å²) in [6.07, 6.45) is 9.12. The number of carbonyl (C=O) groups excluding carboxylic acids is 1. The maximum Gasteiger partial charge on any atom is 0.252 e. The molecule has 124 valence electrons. The minimum atomic E-state index is -0.121. The summed E-state index contributed by atoms with van der Waals surface area (Å²) in [6.45, 7) is 2.34. The van der Waals surface area contributed by atoms with E-state index in [-0.39, 0.29) is 5.91 Å². The van der Waals surface area contributed by atoms with Crippen molar-refractivity contribution in [2.24, 2.45) is 0 Å². The van der Waals surface area contributed by atoms with E-state index in [1.54, 1.807) is 24.5 Å². The van der Waals surface area contributed by atoms with Crippen molar-refractivity contribution in [3.63, 3.8) is 0 Å². The molecule has 0 aliphatic rings. The van der Waals surface area contributed by atoms with Crippen molar-refractivity contribution in [1.82, 2.24) is 15.6 Å². The third-order valence-corrected chi connectivity index (χ3v) is 3.25. The number of hydrogen-bond acceptors (Lipinski definition) is 4. The first-order valence-corrected chi connectivity index (χ1v) is 7.84. The fraction of sp³-hybridized carbons (Fsp3) is 0.263. The lowest BCUT2D eigenvalue weighted by Gasteiger charge is -2.09. The summed E-state index contributed by atoms with van der Waals surface area (Å²) in [7, 11) is 0. The average molecular weight is 323 g/mol. The lowest BCUT2D eigenvalue weighted by molar-refractivity contribution is 0.0951. The van der Waals surface area contributed by atoms with Gasteiger partial charge in [-0.1, -0.05) is 18.1 Å². The Morgan fingerprint density at radius 1 is 1.29 bits per heavy atom. The van der Waals surface area contributed by atoms with Gasteiger partial charge in [-0.2, -0.15) is 0 Å². The zero-order chi connectivity index (χ0) is 17.0. The zero-order valence-electron chi connectivity index (χ0n) is 13.5. The van der Waals surface area contributed by atoms with E-state index in [1.165, 1.54) is 0 Å². The van der Waals surface area contributed by atoms with Crippen molar-refractivity contribution in [3.05, 3.63) is 59.9 Å². The highest BCUT2D eigenvalue weighted by atomic mass is 16.5. The van der Waals surface area contributed by atoms with E-state index in [0.717, 1.165) is 17.7 Å². The van der Waals surface area contributed by atoms with Gasteiger partial charge in [0.05, 0.1) is 18.7 Å². The molecular weight excluding hydrogens is 302 g/mol. The molecule has 0 saturated heterocycles. The number of rotatable bonds is 9. The van der Waals surface area contributed by atoms with E-state index in [4.69, 9.17) is 11.2 Å². The van der Waals surface area contributed by atoms with Crippen molar-refractivity contribution >= 4 is 5.91 Å². The number of nitrogens with one attached hydrogen (secondary N) is 2. The number of benzene rings is 1. The molecule has 1 aromatic heterocycles. The molecule has 1 heterocycles. The molecule has 5 nitrogen and oxygen atoms in total. The second-order valence-corrected chi connectivity index (χ2v) is 5.15. The lowest BCUT2D eigenvalue weighted by atomic mass is 10.2. The Morgan fingerprint density at radius 3 is 3.00 bits per heavy atom. The molecule has 0 fully saturated rings. The van der Waals surface area contributed by atoms with Gasteiger partial charge in [0.25, 0.3) is 5.91 Å². The minimum Gasteiger partial charge on any atom is -0.494 e. The summed E-state index contributed by atoms with van der Waals surface area (Å²) < 4.78 is 5.71. The number of carbonyl (C=O) groups is 1. The molecule has 2 aromatic rings. The van der Waals surface area contributed by atoms with Crippen LogP contribution in [0.3, 0.4) is 0 Å². The Bertz CT molecular complexity index is 681. The molecular formula is C19H21N3O2. The van der Waals surface area contributed by atoms with Crippen LogP contribution in [-0.2, 0) is 6.54 Å². The van der Waals surface area contributed by atoms with Gasteiger partial charge >= 0.3 is 0 Å². The number of hydrogen-bond donors (Lipinski definition) is 2. The molecule has 24 heavy (non-hydrogen) atoms. The van der Waals surface area contributed by atoms with Crippen molar-refractivity contribution in [2.75, 3.05) is 19.7 Å². The van der Waals surface area contributed by atoms with Crippen LogP contribution in [0.4, 0.5) is 0 Å². The minimum absolute atomic E-state index is 0.121. The van der Waals surface area contributed by atoms with Gasteiger partial charge in [-0.25, -0.2) is 0 Å². The third-order valence-electron chi connectivity index (χ3n) is 3.25. The van der Waals surface area contributed by atoms with E-state index in [2.05, 4.69) is 21.5 Å². The van der Waals surface area contributed by atoms with Crippen LogP contribution in [0.15, 0.2) is 48.8 Å². The van der Waals surface area contributed by atoms with Crippen molar-refractivity contribution in [2.45, 2.75) is 13.0 Å². The summed E-state index contributed by atoms with van der Waals surface area (Å²) in [5.41, 5.74) is 1.68. The van der Waals surface area contributed by atoms with Crippen molar-refractivity contribution < 1.29 is 9.53 Å². The van der Waals surface area contributed by atoms with Gasteiger partial charge in [-0.15, -0.1) is 6.42 Å². The Hall–Kier alpha value is -2.84. The highest BCUT2D eigenvalue weighted by molar-refractivity contribution is 5.93. The quantitative estimate of drug-likeness (QED) is 0.547. The molecule has 0 bridgehead atoms. The summed E-state index contributed by atoms with van der Waals surface area (Å²) in [5, 5.41) is 5.98. The van der Waals surface area contributed by atoms with Gasteiger partial charge in [0, 0.05) is 25.5 Å². The van der Waals surface area contributed by atoms with Crippen LogP contribution >= 0.6 is 0 Å². The fourth-order valence-corrected chi connectivity index (χ4v) is 2.09. The first kappa shape index (κ1) is 17.5. The molecule has 0 unspecified atom stereocenters. The van der Waals surface area contributed by atoms with Crippen LogP contribution in [0.25, 0.3) is 0 Å². The number of nitrogens with zero attached hydrogens (tertiary/aromatic N) is 1. The first-order valence-electron chi connectivity index (χ1n) is 7.84. The van der Waals surface area contributed by atoms with Crippen LogP contribution in [-0.4, -0.2) is 30.6 Å². The SMILES string of the molecule is C#CCNCc1cccc(OCCCNC(=O)c2cccnc2)c1. The molecule has 0 saturated carbocycles. The van der Waals surface area contributed by atoms with Gasteiger partial charge in [0.1, 0.15) is 5.75 Å². The molecule has 1 aromatic carbocycles. The summed E-state index contributed by atoms with van der Waals surface area (Å²) in [4.78, 5) is 15.8. The van der Waals surface area contributed by atoms with E-state index in [9.17, 15) is 4.79 Å². The number of aromatic nitrogens is 1. The largest absolute Gasteiger partial charge is 0.494 e. The second kappa shape index (κ2) is 10.0. The Labute approximate surface area is 142 Å². The maximum atomic E-state index is 11.8. The molecule has 0 atom stereocenters. The number of amides is 1. The predicted octanol–water partition coefficient (Wildman–Crippen LogP) is 2.00. The van der Waals surface area contributed by atoms with E-state index in [0.29, 0.717) is 31.8 Å². The molecule has 2 N–H and O–H groups in total. The van der Waals surface area contributed by atoms with Crippen LogP contribution < -0.4 is 15.4 Å². The normalized spacial score (nSPS) is 9.96. The highest BCUT2D eigenvalue weighted by Gasteiger charge is 2.03. The van der Waals surface area contributed by atoms with Gasteiger partial charge in [-0.05, 0) is 36.2 Å². The molecule has 1 amide bonds. The molecule has 5 heteroatoms. The fourth-order valence-electron chi connectivity index (χ4n) is 2.09. The Kier molecular flexibility index (Phi) is 7.32. The van der Waals surface area contributed by atoms with Gasteiger partial charge < -0.3 is 15.4 Å². The number of terminal acetylenes is 1. The highest BCUT2D eigenvalue weighted by Crippen LogP contribution is 2.13. The van der Waals surface area contributed by atoms with Crippen LogP contribution in [0.5, 0.6) is 5.75 Å². The average Bonchev–Trinajstić information content (AvgIpc) is 2.62. The summed E-state index contributed by atoms with van der Waals surface area (Å²) in [6, 6.07) is 11.3.